The molecule has 0 aliphatic heterocycles. The van der Waals surface area contributed by atoms with Crippen LogP contribution in [0.5, 0.6) is 0 Å². The van der Waals surface area contributed by atoms with Crippen molar-refractivity contribution in [3.63, 3.8) is 0 Å². The van der Waals surface area contributed by atoms with Crippen molar-refractivity contribution in [3.8, 4) is 0 Å². The molecule has 2 aromatic heterocycles. The molecule has 106 valence electrons. The number of benzene rings is 1. The molecule has 0 fully saturated rings. The van der Waals surface area contributed by atoms with Crippen LogP contribution < -0.4 is 0 Å². The van der Waals surface area contributed by atoms with E-state index in [-0.39, 0.29) is 28.6 Å². The van der Waals surface area contributed by atoms with Crippen molar-refractivity contribution in [2.45, 2.75) is 6.92 Å². The van der Waals surface area contributed by atoms with Gasteiger partial charge >= 0.3 is 0 Å². The Morgan fingerprint density at radius 3 is 2.27 bits per heavy atom. The molecule has 4 rings (SSSR count). The van der Waals surface area contributed by atoms with Crippen molar-refractivity contribution in [1.29, 1.82) is 0 Å². The molecule has 1 aliphatic carbocycles. The number of fused-ring (bicyclic) bond motifs is 3. The molecular weight excluding hydrogens is 278 g/mol. The van der Waals surface area contributed by atoms with E-state index in [0.717, 1.165) is 5.52 Å². The highest BCUT2D eigenvalue weighted by atomic mass is 16.1. The van der Waals surface area contributed by atoms with Crippen LogP contribution in [0.15, 0.2) is 48.7 Å². The average molecular weight is 289 g/mol. The van der Waals surface area contributed by atoms with E-state index in [2.05, 4.69) is 0 Å². The van der Waals surface area contributed by atoms with Gasteiger partial charge in [0.1, 0.15) is 5.69 Å². The highest BCUT2D eigenvalue weighted by molar-refractivity contribution is 6.30. The van der Waals surface area contributed by atoms with Gasteiger partial charge < -0.3 is 4.40 Å². The lowest BCUT2D eigenvalue weighted by molar-refractivity contribution is 0.0964. The summed E-state index contributed by atoms with van der Waals surface area (Å²) in [5.41, 5.74) is 2.26. The van der Waals surface area contributed by atoms with Crippen molar-refractivity contribution in [2.75, 3.05) is 0 Å². The number of carbonyl (C=O) groups excluding carboxylic acids is 3. The third-order valence-electron chi connectivity index (χ3n) is 4.04. The van der Waals surface area contributed by atoms with Crippen LogP contribution in [0.4, 0.5) is 0 Å². The van der Waals surface area contributed by atoms with E-state index in [4.69, 9.17) is 0 Å². The van der Waals surface area contributed by atoms with Gasteiger partial charge in [0.2, 0.25) is 0 Å². The Bertz CT molecular complexity index is 995. The lowest BCUT2D eigenvalue weighted by atomic mass is 9.82. The molecule has 0 unspecified atom stereocenters. The molecule has 4 heteroatoms. The highest BCUT2D eigenvalue weighted by Crippen LogP contribution is 2.31. The van der Waals surface area contributed by atoms with Gasteiger partial charge in [0.15, 0.2) is 17.3 Å². The zero-order valence-corrected chi connectivity index (χ0v) is 11.8. The van der Waals surface area contributed by atoms with E-state index in [1.165, 1.54) is 6.92 Å². The molecule has 22 heavy (non-hydrogen) atoms. The van der Waals surface area contributed by atoms with Gasteiger partial charge in [-0.05, 0) is 18.2 Å². The number of nitrogens with zero attached hydrogens (tertiary/aromatic N) is 1. The van der Waals surface area contributed by atoms with Crippen LogP contribution in [-0.2, 0) is 0 Å². The Morgan fingerprint density at radius 2 is 1.59 bits per heavy atom. The largest absolute Gasteiger partial charge is 0.313 e. The smallest absolute Gasteiger partial charge is 0.196 e. The number of rotatable bonds is 1. The van der Waals surface area contributed by atoms with Gasteiger partial charge in [0, 0.05) is 35.3 Å². The molecule has 0 radical (unpaired) electrons. The minimum Gasteiger partial charge on any atom is -0.313 e. The van der Waals surface area contributed by atoms with Gasteiger partial charge in [0.25, 0.3) is 0 Å². The number of hydrogen-bond donors (Lipinski definition) is 0. The number of carbonyl (C=O) groups is 3. The predicted octanol–water partition coefficient (Wildman–Crippen LogP) is 2.92. The summed E-state index contributed by atoms with van der Waals surface area (Å²) in [7, 11) is 0. The first-order valence-electron chi connectivity index (χ1n) is 6.93. The van der Waals surface area contributed by atoms with E-state index >= 15 is 0 Å². The van der Waals surface area contributed by atoms with Crippen LogP contribution in [0.3, 0.4) is 0 Å². The number of aromatic nitrogens is 1. The molecule has 1 aromatic carbocycles. The maximum atomic E-state index is 12.8. The first-order valence-corrected chi connectivity index (χ1v) is 6.93. The SMILES string of the molecule is CC(=O)c1c2c(cc3cccn13)C(=O)c1ccccc1C2=O. The zero-order chi connectivity index (χ0) is 15.4. The fourth-order valence-corrected chi connectivity index (χ4v) is 3.10. The van der Waals surface area contributed by atoms with Gasteiger partial charge in [-0.3, -0.25) is 14.4 Å². The summed E-state index contributed by atoms with van der Waals surface area (Å²) in [6, 6.07) is 12.0. The number of pyridine rings is 1. The summed E-state index contributed by atoms with van der Waals surface area (Å²) >= 11 is 0. The van der Waals surface area contributed by atoms with Gasteiger partial charge in [-0.1, -0.05) is 24.3 Å². The first-order chi connectivity index (χ1) is 10.6. The Balaban J connectivity index is 2.17. The Hall–Kier alpha value is -3.01. The highest BCUT2D eigenvalue weighted by Gasteiger charge is 2.33. The molecule has 0 bridgehead atoms. The summed E-state index contributed by atoms with van der Waals surface area (Å²) in [6.45, 7) is 1.41. The van der Waals surface area contributed by atoms with Crippen molar-refractivity contribution in [1.82, 2.24) is 4.40 Å². The van der Waals surface area contributed by atoms with Gasteiger partial charge in [0.05, 0.1) is 5.56 Å². The second kappa shape index (κ2) is 4.24. The summed E-state index contributed by atoms with van der Waals surface area (Å²) in [6.07, 6.45) is 1.73. The lowest BCUT2D eigenvalue weighted by Crippen LogP contribution is -2.25. The predicted molar refractivity (Wildman–Crippen MR) is 80.7 cm³/mol. The van der Waals surface area contributed by atoms with Gasteiger partial charge in [-0.2, -0.15) is 0 Å². The molecule has 4 nitrogen and oxygen atoms in total. The van der Waals surface area contributed by atoms with E-state index < -0.39 is 0 Å². The number of ketones is 3. The van der Waals surface area contributed by atoms with Gasteiger partial charge in [-0.15, -0.1) is 0 Å². The Labute approximate surface area is 126 Å². The van der Waals surface area contributed by atoms with E-state index in [9.17, 15) is 14.4 Å². The molecule has 0 amide bonds. The monoisotopic (exact) mass is 289 g/mol. The standard InChI is InChI=1S/C18H11NO3/c1-10(20)16-15-14(9-11-5-4-8-19(11)16)17(21)12-6-2-3-7-13(12)18(15)22/h2-9H,1H3. The molecule has 0 saturated heterocycles. The molecule has 3 aromatic rings. The molecular formula is C18H11NO3. The van der Waals surface area contributed by atoms with Crippen LogP contribution in [0.25, 0.3) is 5.52 Å². The Kier molecular flexibility index (Phi) is 2.45. The van der Waals surface area contributed by atoms with Crippen LogP contribution >= 0.6 is 0 Å². The summed E-state index contributed by atoms with van der Waals surface area (Å²) in [5, 5.41) is 0. The summed E-state index contributed by atoms with van der Waals surface area (Å²) in [4.78, 5) is 37.7. The van der Waals surface area contributed by atoms with E-state index in [1.807, 2.05) is 6.07 Å². The van der Waals surface area contributed by atoms with Crippen LogP contribution in [0.2, 0.25) is 0 Å². The minimum absolute atomic E-state index is 0.208. The molecule has 2 heterocycles. The van der Waals surface area contributed by atoms with Crippen LogP contribution in [0.1, 0.15) is 49.3 Å². The lowest BCUT2D eigenvalue weighted by Gasteiger charge is -2.20. The maximum Gasteiger partial charge on any atom is 0.196 e. The molecule has 0 saturated carbocycles. The zero-order valence-electron chi connectivity index (χ0n) is 11.8. The summed E-state index contributed by atoms with van der Waals surface area (Å²) < 4.78 is 1.67. The summed E-state index contributed by atoms with van der Waals surface area (Å²) in [5.74, 6) is -0.721. The second-order valence-electron chi connectivity index (χ2n) is 5.34. The quantitative estimate of drug-likeness (QED) is 0.506. The number of hydrogen-bond acceptors (Lipinski definition) is 3. The first kappa shape index (κ1) is 12.7. The van der Waals surface area contributed by atoms with Crippen LogP contribution in [0, 0.1) is 0 Å². The normalized spacial score (nSPS) is 13.1. The number of Topliss-reactive ketones (excluding diaryl/α,β-unsaturated/α-hetero) is 1. The van der Waals surface area contributed by atoms with E-state index in [1.54, 1.807) is 47.0 Å². The Morgan fingerprint density at radius 1 is 0.909 bits per heavy atom. The van der Waals surface area contributed by atoms with Crippen molar-refractivity contribution >= 4 is 22.9 Å². The topological polar surface area (TPSA) is 55.6 Å². The fourth-order valence-electron chi connectivity index (χ4n) is 3.10. The van der Waals surface area contributed by atoms with Crippen molar-refractivity contribution in [2.24, 2.45) is 0 Å². The average Bonchev–Trinajstić information content (AvgIpc) is 2.98. The third-order valence-corrected chi connectivity index (χ3v) is 4.04. The second-order valence-corrected chi connectivity index (χ2v) is 5.34. The minimum atomic E-state index is -0.272. The van der Waals surface area contributed by atoms with Gasteiger partial charge in [-0.25, -0.2) is 0 Å². The molecule has 0 N–H and O–H groups in total. The molecule has 1 aliphatic rings. The fraction of sp³-hybridized carbons (Fsp3) is 0.0556. The van der Waals surface area contributed by atoms with Crippen molar-refractivity contribution < 1.29 is 14.4 Å². The molecule has 0 atom stereocenters. The van der Waals surface area contributed by atoms with E-state index in [0.29, 0.717) is 16.7 Å². The maximum absolute atomic E-state index is 12.8. The molecule has 0 spiro atoms. The van der Waals surface area contributed by atoms with Crippen molar-refractivity contribution in [3.05, 3.63) is 76.6 Å². The third kappa shape index (κ3) is 1.49. The van der Waals surface area contributed by atoms with Crippen LogP contribution in [-0.4, -0.2) is 21.8 Å².